The second-order valence-electron chi connectivity index (χ2n) is 6.58. The van der Waals surface area contributed by atoms with Gasteiger partial charge in [-0.1, -0.05) is 11.8 Å². The van der Waals surface area contributed by atoms with E-state index >= 15 is 0 Å². The predicted octanol–water partition coefficient (Wildman–Crippen LogP) is -2.12. The van der Waals surface area contributed by atoms with Gasteiger partial charge in [0.05, 0.1) is 12.3 Å². The average Bonchev–Trinajstić information content (AvgIpc) is 2.88. The van der Waals surface area contributed by atoms with E-state index in [4.69, 9.17) is 26.0 Å². The highest BCUT2D eigenvalue weighted by molar-refractivity contribution is 7.66. The van der Waals surface area contributed by atoms with Gasteiger partial charge >= 0.3 is 29.2 Å². The minimum absolute atomic E-state index is 0.283. The summed E-state index contributed by atoms with van der Waals surface area (Å²) in [6, 6.07) is 0. The number of halogens is 1. The standard InChI is InChI=1S/C12H19FN5O13P3/c1-6(29-33(24,25)31-34(26,27)30-32(21,22)23)8-9(19)12(15,3-2-4-13)10(28-8)18-11(20)17-7(14)5-16-18/h5-6,8-10,19H,4,15H2,1H3,(H,24,25)(H,26,27)(H2,14,17,20)(H2,21,22,23)/t6-,8+,9-,10+,12?/m0/s1. The van der Waals surface area contributed by atoms with Crippen LogP contribution < -0.4 is 17.2 Å². The van der Waals surface area contributed by atoms with Crippen molar-refractivity contribution in [1.82, 2.24) is 14.8 Å². The Kier molecular flexibility index (Phi) is 8.56. The minimum Gasteiger partial charge on any atom is -0.387 e. The highest BCUT2D eigenvalue weighted by atomic mass is 31.3. The fourth-order valence-corrected chi connectivity index (χ4v) is 5.99. The molecule has 0 aliphatic carbocycles. The number of nitrogen functional groups attached to an aromatic ring is 1. The Hall–Kier alpha value is -1.61. The van der Waals surface area contributed by atoms with Crippen LogP contribution >= 0.6 is 23.5 Å². The van der Waals surface area contributed by atoms with Crippen molar-refractivity contribution < 1.29 is 60.6 Å². The number of nitrogens with two attached hydrogens (primary N) is 2. The van der Waals surface area contributed by atoms with Crippen molar-refractivity contribution in [1.29, 1.82) is 0 Å². The van der Waals surface area contributed by atoms with Gasteiger partial charge in [-0.25, -0.2) is 22.9 Å². The number of hydrogen-bond acceptors (Lipinski definition) is 13. The Morgan fingerprint density at radius 1 is 1.29 bits per heavy atom. The summed E-state index contributed by atoms with van der Waals surface area (Å²) in [5.41, 5.74) is 8.03. The molecule has 18 nitrogen and oxygen atoms in total. The quantitative estimate of drug-likeness (QED) is 0.134. The molecule has 1 aromatic rings. The summed E-state index contributed by atoms with van der Waals surface area (Å²) in [7, 11) is -17.1. The lowest BCUT2D eigenvalue weighted by molar-refractivity contribution is -0.0793. The predicted molar refractivity (Wildman–Crippen MR) is 106 cm³/mol. The van der Waals surface area contributed by atoms with E-state index in [1.807, 2.05) is 5.92 Å². The zero-order valence-electron chi connectivity index (χ0n) is 16.8. The fraction of sp³-hybridized carbons (Fsp3) is 0.583. The van der Waals surface area contributed by atoms with Crippen molar-refractivity contribution in [3.8, 4) is 11.8 Å². The number of nitrogens with zero attached hydrogens (tertiary/aromatic N) is 3. The van der Waals surface area contributed by atoms with E-state index < -0.39 is 65.9 Å². The number of alkyl halides is 1. The average molecular weight is 553 g/mol. The van der Waals surface area contributed by atoms with Crippen LogP contribution in [0.2, 0.25) is 0 Å². The van der Waals surface area contributed by atoms with Gasteiger partial charge in [0.1, 0.15) is 24.7 Å². The molecule has 0 bridgehead atoms. The van der Waals surface area contributed by atoms with Crippen molar-refractivity contribution in [2.45, 2.75) is 37.0 Å². The Labute approximate surface area is 189 Å². The van der Waals surface area contributed by atoms with Crippen LogP contribution in [-0.4, -0.2) is 70.0 Å². The monoisotopic (exact) mass is 553 g/mol. The topological polar surface area (TPSA) is 289 Å². The van der Waals surface area contributed by atoms with E-state index in [9.17, 15) is 37.8 Å². The molecule has 2 rings (SSSR count). The molecule has 0 radical (unpaired) electrons. The summed E-state index contributed by atoms with van der Waals surface area (Å²) in [5.74, 6) is 3.84. The summed E-state index contributed by atoms with van der Waals surface area (Å²) < 4.78 is 64.6. The first kappa shape index (κ1) is 28.6. The van der Waals surface area contributed by atoms with Crippen molar-refractivity contribution in [3.63, 3.8) is 0 Å². The lowest BCUT2D eigenvalue weighted by Crippen LogP contribution is -2.56. The number of hydrogen-bond donors (Lipinski definition) is 7. The van der Waals surface area contributed by atoms with Gasteiger partial charge in [-0.2, -0.15) is 23.4 Å². The maximum atomic E-state index is 12.7. The third kappa shape index (κ3) is 6.97. The van der Waals surface area contributed by atoms with E-state index in [2.05, 4.69) is 29.1 Å². The van der Waals surface area contributed by atoms with Gasteiger partial charge in [-0.15, -0.1) is 0 Å². The van der Waals surface area contributed by atoms with Crippen LogP contribution in [0.15, 0.2) is 11.0 Å². The zero-order valence-corrected chi connectivity index (χ0v) is 19.5. The summed E-state index contributed by atoms with van der Waals surface area (Å²) in [6.07, 6.45) is -6.30. The van der Waals surface area contributed by atoms with Gasteiger partial charge < -0.3 is 40.9 Å². The molecule has 34 heavy (non-hydrogen) atoms. The molecular weight excluding hydrogens is 534 g/mol. The molecule has 7 atom stereocenters. The van der Waals surface area contributed by atoms with Crippen LogP contribution in [0.3, 0.4) is 0 Å². The molecular formula is C12H19FN5O13P3. The van der Waals surface area contributed by atoms with Gasteiger partial charge in [0.25, 0.3) is 0 Å². The highest BCUT2D eigenvalue weighted by Crippen LogP contribution is 2.66. The summed E-state index contributed by atoms with van der Waals surface area (Å²) in [5, 5.41) is 14.3. The number of anilines is 1. The number of aliphatic hydroxyl groups excluding tert-OH is 1. The van der Waals surface area contributed by atoms with Crippen molar-refractivity contribution >= 4 is 29.3 Å². The Balaban J connectivity index is 2.34. The molecule has 9 N–H and O–H groups in total. The third-order valence-electron chi connectivity index (χ3n) is 4.00. The first-order valence-electron chi connectivity index (χ1n) is 8.63. The van der Waals surface area contributed by atoms with Crippen LogP contribution in [0.25, 0.3) is 0 Å². The number of rotatable bonds is 8. The lowest BCUT2D eigenvalue weighted by atomic mass is 9.90. The van der Waals surface area contributed by atoms with Gasteiger partial charge in [0.15, 0.2) is 11.8 Å². The molecule has 2 heterocycles. The molecule has 1 saturated heterocycles. The van der Waals surface area contributed by atoms with Gasteiger partial charge in [0, 0.05) is 0 Å². The Bertz CT molecular complexity index is 1180. The molecule has 1 aliphatic rings. The van der Waals surface area contributed by atoms with Gasteiger partial charge in [-0.05, 0) is 6.92 Å². The van der Waals surface area contributed by atoms with E-state index in [1.54, 1.807) is 0 Å². The van der Waals surface area contributed by atoms with E-state index in [1.165, 1.54) is 0 Å². The van der Waals surface area contributed by atoms with Crippen LogP contribution in [0, 0.1) is 11.8 Å². The van der Waals surface area contributed by atoms with Crippen LogP contribution in [0.1, 0.15) is 13.2 Å². The number of phosphoric acid groups is 3. The van der Waals surface area contributed by atoms with Crippen LogP contribution in [0.5, 0.6) is 0 Å². The van der Waals surface area contributed by atoms with Gasteiger partial charge in [0.2, 0.25) is 0 Å². The SMILES string of the molecule is C[C@H](OP(=O)(O)OP(=O)(O)OP(=O)(O)O)[C@H]1O[C@@H](n2ncc(N)nc2=O)C(N)(C#CCF)[C@H]1O. The molecule has 1 aromatic heterocycles. The maximum Gasteiger partial charge on any atom is 0.490 e. The maximum absolute atomic E-state index is 12.7. The molecule has 192 valence electrons. The highest BCUT2D eigenvalue weighted by Gasteiger charge is 2.58. The van der Waals surface area contributed by atoms with Crippen molar-refractivity contribution in [3.05, 3.63) is 16.7 Å². The van der Waals surface area contributed by atoms with Crippen molar-refractivity contribution in [2.24, 2.45) is 5.73 Å². The number of ether oxygens (including phenoxy) is 1. The normalized spacial score (nSPS) is 29.5. The lowest BCUT2D eigenvalue weighted by Gasteiger charge is -2.27. The summed E-state index contributed by atoms with van der Waals surface area (Å²) in [6.45, 7) is -0.239. The van der Waals surface area contributed by atoms with E-state index in [0.29, 0.717) is 4.68 Å². The molecule has 3 unspecified atom stereocenters. The summed E-state index contributed by atoms with van der Waals surface area (Å²) >= 11 is 0. The molecule has 1 aliphatic heterocycles. The Morgan fingerprint density at radius 3 is 2.44 bits per heavy atom. The van der Waals surface area contributed by atoms with Crippen molar-refractivity contribution in [2.75, 3.05) is 12.4 Å². The molecule has 0 spiro atoms. The largest absolute Gasteiger partial charge is 0.490 e. The zero-order chi connectivity index (χ0) is 26.1. The Morgan fingerprint density at radius 2 is 1.91 bits per heavy atom. The number of aliphatic hydroxyl groups is 1. The first-order chi connectivity index (χ1) is 15.4. The molecule has 22 heteroatoms. The molecule has 0 saturated carbocycles. The smallest absolute Gasteiger partial charge is 0.387 e. The van der Waals surface area contributed by atoms with E-state index in [-0.39, 0.29) is 5.82 Å². The molecule has 0 aromatic carbocycles. The first-order valence-corrected chi connectivity index (χ1v) is 13.1. The second-order valence-corrected chi connectivity index (χ2v) is 10.9. The summed E-state index contributed by atoms with van der Waals surface area (Å²) in [4.78, 5) is 51.6. The molecule has 1 fully saturated rings. The number of aromatic nitrogens is 3. The second kappa shape index (κ2) is 10.2. The third-order valence-corrected chi connectivity index (χ3v) is 7.93. The number of phosphoric ester groups is 1. The van der Waals surface area contributed by atoms with Crippen LogP contribution in [-0.2, 0) is 31.6 Å². The van der Waals surface area contributed by atoms with Crippen LogP contribution in [0.4, 0.5) is 10.2 Å². The van der Waals surface area contributed by atoms with E-state index in [0.717, 1.165) is 13.1 Å². The van der Waals surface area contributed by atoms with Gasteiger partial charge in [-0.3, -0.25) is 4.52 Å². The fourth-order valence-electron chi connectivity index (χ4n) is 2.79. The minimum atomic E-state index is -5.82. The molecule has 0 amide bonds.